The first-order chi connectivity index (χ1) is 15.1. The van der Waals surface area contributed by atoms with E-state index < -0.39 is 17.5 Å². The maximum Gasteiger partial charge on any atom is 0.351 e. The summed E-state index contributed by atoms with van der Waals surface area (Å²) >= 11 is 0. The van der Waals surface area contributed by atoms with Gasteiger partial charge in [0.15, 0.2) is 12.6 Å². The van der Waals surface area contributed by atoms with Gasteiger partial charge in [0.25, 0.3) is 0 Å². The molecule has 182 valence electrons. The van der Waals surface area contributed by atoms with E-state index in [1.165, 1.54) is 38.5 Å². The van der Waals surface area contributed by atoms with Crippen LogP contribution in [-0.4, -0.2) is 47.1 Å². The van der Waals surface area contributed by atoms with E-state index in [1.807, 2.05) is 6.21 Å². The van der Waals surface area contributed by atoms with Crippen molar-refractivity contribution in [3.05, 3.63) is 11.6 Å². The van der Waals surface area contributed by atoms with Crippen molar-refractivity contribution in [2.45, 2.75) is 83.7 Å². The van der Waals surface area contributed by atoms with E-state index in [2.05, 4.69) is 30.8 Å². The lowest BCUT2D eigenvalue weighted by Gasteiger charge is -2.51. The van der Waals surface area contributed by atoms with Crippen LogP contribution in [0, 0.1) is 23.2 Å². The number of carbonyl (C=O) groups excluding carboxylic acids is 1. The van der Waals surface area contributed by atoms with E-state index in [0.29, 0.717) is 12.5 Å². The van der Waals surface area contributed by atoms with Crippen LogP contribution in [-0.2, 0) is 14.4 Å². The first-order valence-corrected chi connectivity index (χ1v) is 11.9. The number of hydrogen-bond acceptors (Lipinski definition) is 6. The minimum absolute atomic E-state index is 0.0153. The van der Waals surface area contributed by atoms with Crippen LogP contribution < -0.4 is 10.8 Å². The maximum absolute atomic E-state index is 11.6. The second kappa shape index (κ2) is 11.8. The lowest BCUT2D eigenvalue weighted by atomic mass is 9.57. The maximum atomic E-state index is 11.6. The predicted octanol–water partition coefficient (Wildman–Crippen LogP) is 1.53. The number of hydrogen-bond donors (Lipinski definition) is 3. The Morgan fingerprint density at radius 1 is 1.16 bits per heavy atom. The average Bonchev–Trinajstić information content (AvgIpc) is 3.02. The molecule has 0 aliphatic heterocycles. The molecule has 3 aliphatic carbocycles. The van der Waals surface area contributed by atoms with Gasteiger partial charge in [-0.25, -0.2) is 4.79 Å². The van der Waals surface area contributed by atoms with Gasteiger partial charge in [-0.3, -0.25) is 0 Å². The Bertz CT molecular complexity index is 691. The number of rotatable bonds is 6. The molecule has 3 rings (SSSR count). The molecular formula is C24H40N2O6. The number of oxime groups is 1. The van der Waals surface area contributed by atoms with E-state index in [1.54, 1.807) is 0 Å². The molecular weight excluding hydrogens is 412 g/mol. The van der Waals surface area contributed by atoms with Crippen LogP contribution in [0.4, 0.5) is 0 Å². The van der Waals surface area contributed by atoms with Gasteiger partial charge in [0, 0.05) is 5.41 Å². The number of carboxylic acids is 2. The Kier molecular flexibility index (Phi) is 9.70. The zero-order chi connectivity index (χ0) is 23.8. The van der Waals surface area contributed by atoms with Crippen molar-refractivity contribution in [3.8, 4) is 0 Å². The minimum Gasteiger partial charge on any atom is -0.539 e. The highest BCUT2D eigenvalue weighted by Gasteiger charge is 2.58. The molecule has 8 heteroatoms. The van der Waals surface area contributed by atoms with Crippen molar-refractivity contribution in [1.29, 1.82) is 0 Å². The van der Waals surface area contributed by atoms with Gasteiger partial charge in [-0.05, 0) is 62.4 Å². The molecule has 3 fully saturated rings. The predicted molar refractivity (Wildman–Crippen MR) is 118 cm³/mol. The number of aliphatic carboxylic acids is 2. The highest BCUT2D eigenvalue weighted by atomic mass is 16.6. The summed E-state index contributed by atoms with van der Waals surface area (Å²) in [5.41, 5.74) is 4.42. The number of nitrogens with zero attached hydrogens (tertiary/aromatic N) is 1. The van der Waals surface area contributed by atoms with E-state index in [-0.39, 0.29) is 5.41 Å². The van der Waals surface area contributed by atoms with E-state index >= 15 is 0 Å². The zero-order valence-corrected chi connectivity index (χ0v) is 19.6. The zero-order valence-electron chi connectivity index (χ0n) is 19.6. The fraction of sp³-hybridized carbons (Fsp3) is 0.792. The summed E-state index contributed by atoms with van der Waals surface area (Å²) in [5, 5.41) is 31.9. The van der Waals surface area contributed by atoms with Crippen molar-refractivity contribution in [1.82, 2.24) is 0 Å². The third-order valence-corrected chi connectivity index (χ3v) is 7.91. The Labute approximate surface area is 190 Å². The van der Waals surface area contributed by atoms with Gasteiger partial charge in [-0.15, -0.1) is 0 Å². The van der Waals surface area contributed by atoms with E-state index in [0.717, 1.165) is 49.6 Å². The van der Waals surface area contributed by atoms with Crippen molar-refractivity contribution in [2.24, 2.45) is 28.3 Å². The number of allylic oxidation sites excluding steroid dienone is 2. The molecule has 4 atom stereocenters. The van der Waals surface area contributed by atoms with Gasteiger partial charge in [-0.2, -0.15) is 0 Å². The Balaban J connectivity index is 0.000000534. The van der Waals surface area contributed by atoms with Gasteiger partial charge in [0.2, 0.25) is 0 Å². The smallest absolute Gasteiger partial charge is 0.351 e. The quantitative estimate of drug-likeness (QED) is 0.241. The Hall–Kier alpha value is -1.93. The van der Waals surface area contributed by atoms with Gasteiger partial charge in [-0.1, -0.05) is 50.3 Å². The monoisotopic (exact) mass is 452 g/mol. The van der Waals surface area contributed by atoms with Gasteiger partial charge < -0.3 is 30.7 Å². The number of quaternary nitrogens is 1. The SMILES string of the molecule is CC(/C=N/OCC[NH3+])=C\[C@H]1CC[C@]2(O)C[C@@H](C3CCCCC3)CC[C@]12C.O=C([O-])C(=O)O. The topological polar surface area (TPSA) is 147 Å². The van der Waals surface area contributed by atoms with Crippen LogP contribution in [0.1, 0.15) is 78.1 Å². The van der Waals surface area contributed by atoms with Crippen molar-refractivity contribution in [3.63, 3.8) is 0 Å². The normalized spacial score (nSPS) is 33.3. The molecule has 5 N–H and O–H groups in total. The highest BCUT2D eigenvalue weighted by molar-refractivity contribution is 6.26. The van der Waals surface area contributed by atoms with E-state index in [4.69, 9.17) is 24.6 Å². The van der Waals surface area contributed by atoms with Crippen LogP contribution >= 0.6 is 0 Å². The van der Waals surface area contributed by atoms with Crippen LogP contribution in [0.3, 0.4) is 0 Å². The summed E-state index contributed by atoms with van der Waals surface area (Å²) < 4.78 is 0. The minimum atomic E-state index is -2.07. The summed E-state index contributed by atoms with van der Waals surface area (Å²) in [4.78, 5) is 23.2. The summed E-state index contributed by atoms with van der Waals surface area (Å²) in [6, 6.07) is 0. The highest BCUT2D eigenvalue weighted by Crippen LogP contribution is 2.61. The van der Waals surface area contributed by atoms with Crippen LogP contribution in [0.2, 0.25) is 0 Å². The van der Waals surface area contributed by atoms with E-state index in [9.17, 15) is 5.11 Å². The molecule has 0 amide bonds. The standard InChI is InChI=1S/C22H38N2O2.C2H2O4/c1-17(16-24-26-13-12-23)14-20-9-11-22(25)15-19(8-10-21(20,22)2)18-6-4-3-5-7-18;3-1(4)2(5)6/h14,16,18-20,25H,3-13,15,23H2,1-2H3;(H,3,4)(H,5,6)/b17-14+,24-16+;/t19-,20+,21+,22-;/m0./s1. The Morgan fingerprint density at radius 3 is 2.41 bits per heavy atom. The molecule has 0 aromatic rings. The first-order valence-electron chi connectivity index (χ1n) is 11.9. The summed E-state index contributed by atoms with van der Waals surface area (Å²) in [6.45, 7) is 5.72. The fourth-order valence-electron chi connectivity index (χ4n) is 5.99. The number of carbonyl (C=O) groups is 2. The number of aliphatic hydroxyl groups is 1. The molecule has 3 aliphatic rings. The molecule has 32 heavy (non-hydrogen) atoms. The molecule has 0 aromatic heterocycles. The third-order valence-electron chi connectivity index (χ3n) is 7.91. The van der Waals surface area contributed by atoms with Gasteiger partial charge >= 0.3 is 5.97 Å². The molecule has 0 spiro atoms. The second-order valence-electron chi connectivity index (χ2n) is 9.92. The molecule has 0 saturated heterocycles. The van der Waals surface area contributed by atoms with Crippen LogP contribution in [0.25, 0.3) is 0 Å². The van der Waals surface area contributed by atoms with Crippen molar-refractivity contribution < 1.29 is 35.5 Å². The molecule has 0 bridgehead atoms. The molecule has 0 unspecified atom stereocenters. The molecule has 0 aromatic carbocycles. The second-order valence-corrected chi connectivity index (χ2v) is 9.92. The van der Waals surface area contributed by atoms with Gasteiger partial charge in [0.05, 0.1) is 11.8 Å². The van der Waals surface area contributed by atoms with Crippen molar-refractivity contribution >= 4 is 18.2 Å². The lowest BCUT2D eigenvalue weighted by molar-refractivity contribution is -0.374. The number of fused-ring (bicyclic) bond motifs is 1. The summed E-state index contributed by atoms with van der Waals surface area (Å²) in [7, 11) is 0. The molecule has 8 nitrogen and oxygen atoms in total. The Morgan fingerprint density at radius 2 is 1.81 bits per heavy atom. The largest absolute Gasteiger partial charge is 0.539 e. The summed E-state index contributed by atoms with van der Waals surface area (Å²) in [5.74, 6) is -1.95. The van der Waals surface area contributed by atoms with Gasteiger partial charge in [0.1, 0.15) is 6.54 Å². The summed E-state index contributed by atoms with van der Waals surface area (Å²) in [6.07, 6.45) is 16.7. The van der Waals surface area contributed by atoms with Crippen LogP contribution in [0.5, 0.6) is 0 Å². The van der Waals surface area contributed by atoms with Crippen molar-refractivity contribution in [2.75, 3.05) is 13.2 Å². The first kappa shape index (κ1) is 26.3. The fourth-order valence-corrected chi connectivity index (χ4v) is 5.99. The molecule has 3 saturated carbocycles. The third kappa shape index (κ3) is 6.54. The molecule has 0 heterocycles. The lowest BCUT2D eigenvalue weighted by Crippen LogP contribution is -2.52. The van der Waals surface area contributed by atoms with Crippen LogP contribution in [0.15, 0.2) is 16.8 Å². The molecule has 0 radical (unpaired) electrons. The number of carboxylic acid groups (broad SMARTS) is 2. The average molecular weight is 453 g/mol.